The number of aryl methyl sites for hydroxylation is 1. The van der Waals surface area contributed by atoms with Crippen LogP contribution in [-0.4, -0.2) is 44.6 Å². The lowest BCUT2D eigenvalue weighted by atomic mass is 10.1. The van der Waals surface area contributed by atoms with Gasteiger partial charge in [0.15, 0.2) is 0 Å². The summed E-state index contributed by atoms with van der Waals surface area (Å²) in [5, 5.41) is 6.85. The summed E-state index contributed by atoms with van der Waals surface area (Å²) in [6, 6.07) is 8.15. The number of hydrogen-bond donors (Lipinski definition) is 1. The molecule has 0 bridgehead atoms. The van der Waals surface area contributed by atoms with E-state index in [9.17, 15) is 9.59 Å². The Morgan fingerprint density at radius 2 is 1.93 bits per heavy atom. The average Bonchev–Trinajstić information content (AvgIpc) is 3.20. The summed E-state index contributed by atoms with van der Waals surface area (Å²) in [4.78, 5) is 35.5. The third-order valence-corrected chi connectivity index (χ3v) is 6.87. The first kappa shape index (κ1) is 19.8. The van der Waals surface area contributed by atoms with Gasteiger partial charge in [0.05, 0.1) is 5.39 Å². The van der Waals surface area contributed by atoms with Crippen molar-refractivity contribution in [1.29, 1.82) is 0 Å². The van der Waals surface area contributed by atoms with E-state index in [1.165, 1.54) is 10.5 Å². The Morgan fingerprint density at radius 1 is 1.17 bits per heavy atom. The van der Waals surface area contributed by atoms with E-state index in [1.54, 1.807) is 43.3 Å². The van der Waals surface area contributed by atoms with Gasteiger partial charge in [-0.3, -0.25) is 9.69 Å². The Bertz CT molecular complexity index is 1080. The van der Waals surface area contributed by atoms with Crippen LogP contribution in [0.3, 0.4) is 0 Å². The fraction of sp³-hybridized carbons (Fsp3) is 0.333. The topological polar surface area (TPSA) is 75.2 Å². The summed E-state index contributed by atoms with van der Waals surface area (Å²) >= 11 is 3.25. The zero-order valence-electron chi connectivity index (χ0n) is 16.6. The van der Waals surface area contributed by atoms with Crippen molar-refractivity contribution >= 4 is 45.3 Å². The smallest absolute Gasteiger partial charge is 0.324 e. The van der Waals surface area contributed by atoms with Crippen LogP contribution >= 0.6 is 23.1 Å². The molecule has 3 heterocycles. The number of hydrogen-bond acceptors (Lipinski definition) is 6. The first-order valence-corrected chi connectivity index (χ1v) is 11.3. The molecule has 0 unspecified atom stereocenters. The highest BCUT2D eigenvalue weighted by Crippen LogP contribution is 2.38. The number of aromatic nitrogens is 2. The standard InChI is InChI=1S/C21H22N4O2S2/c1-13-5-7-14(8-6-13)15-11-29-18-16(15)17(22-12-23-18)28-10-4-9-25-19(26)21(2,3)24-20(25)27/h5-8,11-12H,4,9-10H2,1-3H3,(H,24,27). The van der Waals surface area contributed by atoms with Crippen LogP contribution in [0.25, 0.3) is 21.3 Å². The molecule has 0 saturated carbocycles. The third kappa shape index (κ3) is 3.86. The van der Waals surface area contributed by atoms with Crippen molar-refractivity contribution in [1.82, 2.24) is 20.2 Å². The monoisotopic (exact) mass is 426 g/mol. The minimum absolute atomic E-state index is 0.170. The Morgan fingerprint density at radius 3 is 2.62 bits per heavy atom. The van der Waals surface area contributed by atoms with Crippen LogP contribution in [-0.2, 0) is 4.79 Å². The Hall–Kier alpha value is -2.45. The summed E-state index contributed by atoms with van der Waals surface area (Å²) < 4.78 is 0. The fourth-order valence-corrected chi connectivity index (χ4v) is 5.24. The van der Waals surface area contributed by atoms with Crippen LogP contribution < -0.4 is 5.32 Å². The Kier molecular flexibility index (Phi) is 5.31. The highest BCUT2D eigenvalue weighted by Gasteiger charge is 2.43. The number of nitrogens with one attached hydrogen (secondary N) is 1. The van der Waals surface area contributed by atoms with Gasteiger partial charge in [0.25, 0.3) is 5.91 Å². The summed E-state index contributed by atoms with van der Waals surface area (Å²) in [6.07, 6.45) is 2.30. The lowest BCUT2D eigenvalue weighted by molar-refractivity contribution is -0.130. The number of amides is 3. The van der Waals surface area contributed by atoms with Crippen molar-refractivity contribution in [3.63, 3.8) is 0 Å². The van der Waals surface area contributed by atoms with E-state index in [0.717, 1.165) is 32.1 Å². The van der Waals surface area contributed by atoms with E-state index in [4.69, 9.17) is 0 Å². The van der Waals surface area contributed by atoms with Gasteiger partial charge in [-0.15, -0.1) is 23.1 Å². The van der Waals surface area contributed by atoms with Gasteiger partial charge in [0.2, 0.25) is 0 Å². The molecule has 6 nitrogen and oxygen atoms in total. The van der Waals surface area contributed by atoms with Crippen molar-refractivity contribution in [2.24, 2.45) is 0 Å². The highest BCUT2D eigenvalue weighted by atomic mass is 32.2. The quantitative estimate of drug-likeness (QED) is 0.272. The molecule has 1 aliphatic heterocycles. The number of nitrogens with zero attached hydrogens (tertiary/aromatic N) is 3. The third-order valence-electron chi connectivity index (χ3n) is 4.91. The van der Waals surface area contributed by atoms with Crippen LogP contribution in [0.15, 0.2) is 41.0 Å². The van der Waals surface area contributed by atoms with E-state index in [0.29, 0.717) is 13.0 Å². The van der Waals surface area contributed by atoms with Gasteiger partial charge >= 0.3 is 6.03 Å². The van der Waals surface area contributed by atoms with E-state index >= 15 is 0 Å². The van der Waals surface area contributed by atoms with Gasteiger partial charge in [-0.25, -0.2) is 14.8 Å². The van der Waals surface area contributed by atoms with Crippen molar-refractivity contribution in [3.8, 4) is 11.1 Å². The van der Waals surface area contributed by atoms with Gasteiger partial charge in [-0.2, -0.15) is 0 Å². The van der Waals surface area contributed by atoms with E-state index in [1.807, 2.05) is 0 Å². The molecule has 0 radical (unpaired) electrons. The Labute approximate surface area is 177 Å². The van der Waals surface area contributed by atoms with Crippen LogP contribution in [0.4, 0.5) is 4.79 Å². The minimum Gasteiger partial charge on any atom is -0.324 e. The van der Waals surface area contributed by atoms with Gasteiger partial charge in [-0.05, 0) is 32.8 Å². The van der Waals surface area contributed by atoms with Crippen molar-refractivity contribution in [2.45, 2.75) is 37.8 Å². The lowest BCUT2D eigenvalue weighted by Gasteiger charge is -2.15. The molecule has 1 saturated heterocycles. The van der Waals surface area contributed by atoms with Gasteiger partial charge in [0, 0.05) is 23.2 Å². The minimum atomic E-state index is -0.817. The maximum Gasteiger partial charge on any atom is 0.325 e. The van der Waals surface area contributed by atoms with Crippen LogP contribution in [0, 0.1) is 6.92 Å². The average molecular weight is 427 g/mol. The molecule has 1 aliphatic rings. The highest BCUT2D eigenvalue weighted by molar-refractivity contribution is 7.99. The van der Waals surface area contributed by atoms with E-state index in [-0.39, 0.29) is 11.9 Å². The van der Waals surface area contributed by atoms with Gasteiger partial charge < -0.3 is 5.32 Å². The number of fused-ring (bicyclic) bond motifs is 1. The zero-order chi connectivity index (χ0) is 20.6. The lowest BCUT2D eigenvalue weighted by Crippen LogP contribution is -2.40. The molecular weight excluding hydrogens is 404 g/mol. The number of imide groups is 1. The molecule has 3 aromatic rings. The van der Waals surface area contributed by atoms with Crippen LogP contribution in [0.2, 0.25) is 0 Å². The molecule has 29 heavy (non-hydrogen) atoms. The molecule has 1 N–H and O–H groups in total. The molecule has 3 amide bonds. The van der Waals surface area contributed by atoms with Gasteiger partial charge in [-0.1, -0.05) is 29.8 Å². The molecule has 0 aliphatic carbocycles. The first-order valence-electron chi connectivity index (χ1n) is 9.43. The second kappa shape index (κ2) is 7.76. The second-order valence-electron chi connectivity index (χ2n) is 7.59. The number of benzene rings is 1. The number of thioether (sulfide) groups is 1. The summed E-state index contributed by atoms with van der Waals surface area (Å²) in [5.41, 5.74) is 2.70. The van der Waals surface area contributed by atoms with E-state index in [2.05, 4.69) is 51.9 Å². The number of thiophene rings is 1. The summed E-state index contributed by atoms with van der Waals surface area (Å²) in [6.45, 7) is 5.93. The molecule has 1 fully saturated rings. The predicted molar refractivity (Wildman–Crippen MR) is 117 cm³/mol. The molecular formula is C21H22N4O2S2. The molecule has 1 aromatic carbocycles. The zero-order valence-corrected chi connectivity index (χ0v) is 18.2. The maximum atomic E-state index is 12.3. The largest absolute Gasteiger partial charge is 0.325 e. The number of urea groups is 1. The molecule has 2 aromatic heterocycles. The Balaban J connectivity index is 1.48. The van der Waals surface area contributed by atoms with Crippen LogP contribution in [0.5, 0.6) is 0 Å². The predicted octanol–water partition coefficient (Wildman–Crippen LogP) is 4.48. The van der Waals surface area contributed by atoms with Crippen LogP contribution in [0.1, 0.15) is 25.8 Å². The van der Waals surface area contributed by atoms with Crippen molar-refractivity contribution < 1.29 is 9.59 Å². The first-order chi connectivity index (χ1) is 13.9. The molecule has 4 rings (SSSR count). The number of carbonyl (C=O) groups is 2. The van der Waals surface area contributed by atoms with Crippen molar-refractivity contribution in [2.75, 3.05) is 12.3 Å². The van der Waals surface area contributed by atoms with E-state index < -0.39 is 5.54 Å². The summed E-state index contributed by atoms with van der Waals surface area (Å²) in [5.74, 6) is 0.587. The van der Waals surface area contributed by atoms with Gasteiger partial charge in [0.1, 0.15) is 21.7 Å². The molecule has 8 heteroatoms. The fourth-order valence-electron chi connectivity index (χ4n) is 3.32. The summed E-state index contributed by atoms with van der Waals surface area (Å²) in [7, 11) is 0. The normalized spacial score (nSPS) is 15.9. The number of carbonyl (C=O) groups excluding carboxylic acids is 2. The SMILES string of the molecule is Cc1ccc(-c2csc3ncnc(SCCCN4C(=O)NC(C)(C)C4=O)c23)cc1. The molecule has 150 valence electrons. The van der Waals surface area contributed by atoms with Crippen molar-refractivity contribution in [3.05, 3.63) is 41.5 Å². The maximum absolute atomic E-state index is 12.3. The molecule has 0 atom stereocenters. The number of rotatable bonds is 6. The molecule has 0 spiro atoms. The second-order valence-corrected chi connectivity index (χ2v) is 9.53.